The molecule has 4 heteroatoms. The number of carbonyl (C=O) groups excluding carboxylic acids is 2. The summed E-state index contributed by atoms with van der Waals surface area (Å²) < 4.78 is 0. The molecule has 1 heterocycles. The van der Waals surface area contributed by atoms with Crippen molar-refractivity contribution in [2.24, 2.45) is 0 Å². The number of hydrogen-bond acceptors (Lipinski definition) is 2. The normalized spacial score (nSPS) is 16.6. The third-order valence-corrected chi connectivity index (χ3v) is 1.71. The van der Waals surface area contributed by atoms with Crippen LogP contribution in [0.3, 0.4) is 0 Å². The van der Waals surface area contributed by atoms with Gasteiger partial charge in [-0.25, -0.2) is 4.79 Å². The van der Waals surface area contributed by atoms with Crippen molar-refractivity contribution in [3.63, 3.8) is 0 Å². The van der Waals surface area contributed by atoms with Crippen molar-refractivity contribution in [1.29, 1.82) is 0 Å². The van der Waals surface area contributed by atoms with E-state index in [9.17, 15) is 9.59 Å². The van der Waals surface area contributed by atoms with Crippen LogP contribution in [0, 0.1) is 0 Å². The third-order valence-electron chi connectivity index (χ3n) is 1.71. The Morgan fingerprint density at radius 1 is 1.67 bits per heavy atom. The van der Waals surface area contributed by atoms with E-state index in [1.54, 1.807) is 0 Å². The summed E-state index contributed by atoms with van der Waals surface area (Å²) in [4.78, 5) is 23.2. The van der Waals surface area contributed by atoms with Gasteiger partial charge in [-0.3, -0.25) is 15.0 Å². The molecule has 1 rings (SSSR count). The first kappa shape index (κ1) is 8.77. The summed E-state index contributed by atoms with van der Waals surface area (Å²) in [5, 5.41) is 2.19. The Balaban J connectivity index is 2.58. The Bertz CT molecular complexity index is 235. The molecule has 1 N–H and O–H groups in total. The molecular formula is C8H12N2O2. The molecule has 1 fully saturated rings. The monoisotopic (exact) mass is 168 g/mol. The lowest BCUT2D eigenvalue weighted by Gasteiger charge is -2.14. The van der Waals surface area contributed by atoms with E-state index in [1.807, 2.05) is 6.92 Å². The smallest absolute Gasteiger partial charge is 0.289 e. The van der Waals surface area contributed by atoms with Crippen molar-refractivity contribution in [2.45, 2.75) is 19.8 Å². The molecule has 4 nitrogen and oxygen atoms in total. The van der Waals surface area contributed by atoms with Gasteiger partial charge in [-0.1, -0.05) is 19.9 Å². The summed E-state index contributed by atoms with van der Waals surface area (Å²) in [7, 11) is 0. The van der Waals surface area contributed by atoms with Crippen LogP contribution in [-0.4, -0.2) is 23.4 Å². The predicted molar refractivity (Wildman–Crippen MR) is 44.3 cm³/mol. The molecule has 1 saturated heterocycles. The Labute approximate surface area is 71.2 Å². The number of imide groups is 1. The van der Waals surface area contributed by atoms with Crippen LogP contribution in [0.1, 0.15) is 19.8 Å². The number of hydrogen-bond donors (Lipinski definition) is 1. The molecule has 0 unspecified atom stereocenters. The second-order valence-corrected chi connectivity index (χ2v) is 2.76. The molecule has 0 bridgehead atoms. The molecule has 1 aliphatic heterocycles. The van der Waals surface area contributed by atoms with E-state index in [-0.39, 0.29) is 18.5 Å². The summed E-state index contributed by atoms with van der Waals surface area (Å²) in [5.41, 5.74) is 0.709. The van der Waals surface area contributed by atoms with Gasteiger partial charge in [-0.2, -0.15) is 0 Å². The number of carbonyl (C=O) groups is 2. The lowest BCUT2D eigenvalue weighted by atomic mass is 10.2. The lowest BCUT2D eigenvalue weighted by molar-refractivity contribution is -0.118. The molecule has 0 spiro atoms. The minimum absolute atomic E-state index is 0.123. The summed E-state index contributed by atoms with van der Waals surface area (Å²) in [5.74, 6) is -0.253. The molecule has 0 atom stereocenters. The summed E-state index contributed by atoms with van der Waals surface area (Å²) in [6.07, 6.45) is 1.68. The van der Waals surface area contributed by atoms with Crippen LogP contribution in [0.25, 0.3) is 0 Å². The number of nitrogens with one attached hydrogen (secondary N) is 1. The molecule has 0 aromatic carbocycles. The highest BCUT2D eigenvalue weighted by Gasteiger charge is 2.27. The highest BCUT2D eigenvalue weighted by atomic mass is 16.2. The van der Waals surface area contributed by atoms with E-state index < -0.39 is 0 Å². The maximum Gasteiger partial charge on any atom is 0.328 e. The van der Waals surface area contributed by atoms with Crippen LogP contribution in [0.15, 0.2) is 12.3 Å². The van der Waals surface area contributed by atoms with Crippen LogP contribution >= 0.6 is 0 Å². The Hall–Kier alpha value is -1.32. The topological polar surface area (TPSA) is 49.4 Å². The van der Waals surface area contributed by atoms with E-state index in [0.29, 0.717) is 5.70 Å². The van der Waals surface area contributed by atoms with Crippen molar-refractivity contribution >= 4 is 11.9 Å². The number of allylic oxidation sites excluding steroid dienone is 1. The van der Waals surface area contributed by atoms with Gasteiger partial charge < -0.3 is 0 Å². The van der Waals surface area contributed by atoms with Gasteiger partial charge in [0.15, 0.2) is 0 Å². The predicted octanol–water partition coefficient (Wildman–Crippen LogP) is 0.852. The minimum atomic E-state index is -0.349. The summed E-state index contributed by atoms with van der Waals surface area (Å²) in [6.45, 7) is 5.85. The first-order chi connectivity index (χ1) is 5.65. The number of nitrogens with zero attached hydrogens (tertiary/aromatic N) is 1. The van der Waals surface area contributed by atoms with Crippen LogP contribution in [0.2, 0.25) is 0 Å². The maximum absolute atomic E-state index is 11.0. The molecule has 12 heavy (non-hydrogen) atoms. The van der Waals surface area contributed by atoms with Crippen molar-refractivity contribution in [3.8, 4) is 0 Å². The van der Waals surface area contributed by atoms with E-state index in [4.69, 9.17) is 0 Å². The lowest BCUT2D eigenvalue weighted by Crippen LogP contribution is -2.27. The molecule has 1 aliphatic rings. The minimum Gasteiger partial charge on any atom is -0.289 e. The third kappa shape index (κ3) is 1.64. The molecular weight excluding hydrogens is 156 g/mol. The zero-order valence-corrected chi connectivity index (χ0v) is 7.09. The summed E-state index contributed by atoms with van der Waals surface area (Å²) >= 11 is 0. The average molecular weight is 168 g/mol. The van der Waals surface area contributed by atoms with Gasteiger partial charge in [-0.05, 0) is 6.42 Å². The molecule has 0 saturated carbocycles. The summed E-state index contributed by atoms with van der Waals surface area (Å²) in [6, 6.07) is -0.349. The van der Waals surface area contributed by atoms with E-state index >= 15 is 0 Å². The van der Waals surface area contributed by atoms with Gasteiger partial charge in [0.2, 0.25) is 5.91 Å². The van der Waals surface area contributed by atoms with E-state index in [2.05, 4.69) is 11.9 Å². The first-order valence-electron chi connectivity index (χ1n) is 3.94. The molecule has 0 aromatic rings. The molecule has 0 aromatic heterocycles. The maximum atomic E-state index is 11.0. The Morgan fingerprint density at radius 2 is 2.33 bits per heavy atom. The fourth-order valence-electron chi connectivity index (χ4n) is 1.12. The Morgan fingerprint density at radius 3 is 2.75 bits per heavy atom. The van der Waals surface area contributed by atoms with E-state index in [1.165, 1.54) is 4.90 Å². The number of amides is 3. The number of urea groups is 1. The van der Waals surface area contributed by atoms with Gasteiger partial charge >= 0.3 is 6.03 Å². The second kappa shape index (κ2) is 3.38. The van der Waals surface area contributed by atoms with E-state index in [0.717, 1.165) is 12.8 Å². The van der Waals surface area contributed by atoms with Gasteiger partial charge in [0.1, 0.15) is 6.54 Å². The van der Waals surface area contributed by atoms with Crippen molar-refractivity contribution in [2.75, 3.05) is 6.54 Å². The van der Waals surface area contributed by atoms with Gasteiger partial charge in [-0.15, -0.1) is 0 Å². The van der Waals surface area contributed by atoms with Crippen LogP contribution in [0.4, 0.5) is 4.79 Å². The first-order valence-corrected chi connectivity index (χ1v) is 3.94. The van der Waals surface area contributed by atoms with Gasteiger partial charge in [0, 0.05) is 5.70 Å². The largest absolute Gasteiger partial charge is 0.328 e. The van der Waals surface area contributed by atoms with Crippen LogP contribution in [-0.2, 0) is 4.79 Å². The van der Waals surface area contributed by atoms with Crippen LogP contribution in [0.5, 0.6) is 0 Å². The van der Waals surface area contributed by atoms with Crippen molar-refractivity contribution in [3.05, 3.63) is 12.3 Å². The average Bonchev–Trinajstić information content (AvgIpc) is 2.30. The SMILES string of the molecule is C=C(CCC)N1CC(=O)NC1=O. The number of rotatable bonds is 3. The quantitative estimate of drug-likeness (QED) is 0.635. The zero-order chi connectivity index (χ0) is 9.14. The van der Waals surface area contributed by atoms with Gasteiger partial charge in [0.25, 0.3) is 0 Å². The standard InChI is InChI=1S/C8H12N2O2/c1-3-4-6(2)10-5-7(11)9-8(10)12/h2-5H2,1H3,(H,9,11,12). The molecule has 0 aliphatic carbocycles. The molecule has 0 radical (unpaired) electrons. The Kier molecular flexibility index (Phi) is 2.47. The van der Waals surface area contributed by atoms with Crippen molar-refractivity contribution < 1.29 is 9.59 Å². The second-order valence-electron chi connectivity index (χ2n) is 2.76. The highest BCUT2D eigenvalue weighted by Crippen LogP contribution is 2.11. The van der Waals surface area contributed by atoms with Crippen LogP contribution < -0.4 is 5.32 Å². The zero-order valence-electron chi connectivity index (χ0n) is 7.09. The fraction of sp³-hybridized carbons (Fsp3) is 0.500. The van der Waals surface area contributed by atoms with Crippen molar-refractivity contribution in [1.82, 2.24) is 10.2 Å². The molecule has 3 amide bonds. The molecule has 66 valence electrons. The fourth-order valence-corrected chi connectivity index (χ4v) is 1.12. The highest BCUT2D eigenvalue weighted by molar-refractivity contribution is 6.02. The van der Waals surface area contributed by atoms with Gasteiger partial charge in [0.05, 0.1) is 0 Å².